The fourth-order valence-electron chi connectivity index (χ4n) is 6.77. The number of hydrogen-bond acceptors (Lipinski definition) is 9. The molecule has 3 aliphatic rings. The minimum Gasteiger partial charge on any atom is -0.504 e. The molecule has 1 aromatic carbocycles. The number of ketones is 2. The van der Waals surface area contributed by atoms with E-state index in [0.717, 1.165) is 60.4 Å². The van der Waals surface area contributed by atoms with Gasteiger partial charge in [0.1, 0.15) is 23.3 Å². The summed E-state index contributed by atoms with van der Waals surface area (Å²) in [7, 11) is 5.30. The van der Waals surface area contributed by atoms with Gasteiger partial charge in [0.25, 0.3) is 0 Å². The molecule has 236 valence electrons. The van der Waals surface area contributed by atoms with Crippen LogP contribution < -0.4 is 20.7 Å². The third-order valence-electron chi connectivity index (χ3n) is 9.40. The first-order chi connectivity index (χ1) is 21.3. The highest BCUT2D eigenvalue weighted by Gasteiger charge is 2.50. The number of aromatic hydroxyl groups is 1. The number of pyridine rings is 1. The van der Waals surface area contributed by atoms with Crippen molar-refractivity contribution < 1.29 is 24.3 Å². The van der Waals surface area contributed by atoms with E-state index in [1.165, 1.54) is 37.3 Å². The topological polar surface area (TPSA) is 119 Å². The van der Waals surface area contributed by atoms with E-state index in [0.29, 0.717) is 30.3 Å². The predicted octanol–water partition coefficient (Wildman–Crippen LogP) is 5.37. The summed E-state index contributed by atoms with van der Waals surface area (Å²) in [5.41, 5.74) is 10.3. The fraction of sp³-hybridized carbons (Fsp3) is 0.500. The predicted molar refractivity (Wildman–Crippen MR) is 180 cm³/mol. The molecule has 0 saturated heterocycles. The number of phenolic OH excluding ortho intramolecular Hbond substituents is 1. The Bertz CT molecular complexity index is 1410. The van der Waals surface area contributed by atoms with Gasteiger partial charge in [0.2, 0.25) is 0 Å². The lowest BCUT2D eigenvalue weighted by molar-refractivity contribution is -0.903. The number of aromatic nitrogens is 1. The summed E-state index contributed by atoms with van der Waals surface area (Å²) in [6.07, 6.45) is 17.7. The van der Waals surface area contributed by atoms with Gasteiger partial charge in [-0.25, -0.2) is 4.98 Å². The second-order valence-corrected chi connectivity index (χ2v) is 14.8. The summed E-state index contributed by atoms with van der Waals surface area (Å²) in [5, 5.41) is 14.2. The molecule has 3 atom stereocenters. The molecule has 1 aliphatic carbocycles. The lowest BCUT2D eigenvalue weighted by Gasteiger charge is -2.45. The van der Waals surface area contributed by atoms with Gasteiger partial charge in [-0.3, -0.25) is 14.5 Å². The first-order valence-electron chi connectivity index (χ1n) is 15.7. The van der Waals surface area contributed by atoms with Crippen LogP contribution in [0.5, 0.6) is 11.5 Å². The molecule has 0 amide bonds. The van der Waals surface area contributed by atoms with Crippen LogP contribution in [-0.2, 0) is 16.0 Å². The van der Waals surface area contributed by atoms with Crippen LogP contribution in [0, 0.1) is 5.92 Å². The van der Waals surface area contributed by atoms with E-state index in [1.54, 1.807) is 18.2 Å². The number of carbonyl (C=O) groups excluding carboxylic acids is 2. The number of nitrogens with two attached hydrogens (primary N) is 1. The molecular formula is C34H45N4O4S2+. The number of carbonyl (C=O) groups is 2. The van der Waals surface area contributed by atoms with E-state index >= 15 is 0 Å². The van der Waals surface area contributed by atoms with Gasteiger partial charge in [0.05, 0.1) is 25.0 Å². The van der Waals surface area contributed by atoms with Crippen molar-refractivity contribution >= 4 is 45.0 Å². The zero-order valence-electron chi connectivity index (χ0n) is 25.8. The molecule has 0 radical (unpaired) electrons. The molecule has 1 aromatic heterocycles. The number of benzene rings is 1. The molecule has 44 heavy (non-hydrogen) atoms. The maximum Gasteiger partial charge on any atom is 0.163 e. The number of nitrogens with zero attached hydrogens (tertiary/aromatic N) is 1. The van der Waals surface area contributed by atoms with E-state index < -0.39 is 0 Å². The maximum absolute atomic E-state index is 12.8. The quantitative estimate of drug-likeness (QED) is 0.259. The van der Waals surface area contributed by atoms with Crippen LogP contribution in [0.2, 0.25) is 0 Å². The summed E-state index contributed by atoms with van der Waals surface area (Å²) >= 11 is 0. The lowest BCUT2D eigenvalue weighted by Crippen LogP contribution is -3.17. The number of phenols is 1. The molecule has 2 aromatic rings. The van der Waals surface area contributed by atoms with E-state index in [1.807, 2.05) is 27.8 Å². The average Bonchev–Trinajstić information content (AvgIpc) is 3.57. The van der Waals surface area contributed by atoms with E-state index in [-0.39, 0.29) is 34.5 Å². The van der Waals surface area contributed by atoms with Crippen LogP contribution in [0.1, 0.15) is 92.2 Å². The van der Waals surface area contributed by atoms with Crippen molar-refractivity contribution in [3.8, 4) is 11.5 Å². The van der Waals surface area contributed by atoms with Crippen LogP contribution in [-0.4, -0.2) is 46.7 Å². The Balaban J connectivity index is 1.60. The van der Waals surface area contributed by atoms with Crippen LogP contribution in [0.15, 0.2) is 42.9 Å². The lowest BCUT2D eigenvalue weighted by atomic mass is 9.75. The standard InChI is InChI=1S/C34H44N4O4S2/c1-3-23-7-9-27(39)19-28(40)10-8-25-18-31(42-2)30(41)17-26(25)15-24-16-29(33(35)37-20-24)32(44-43-21-23)34(11-5-4-6-12-34)38-14-13-36-22-38/h8,10,13-14,16-18,20,23,32,36,41H,3-7,9,11-12,15,19,21-22H2,1-2H3,(H2,35,37)/p+1/b10-8+/t23-,32-/m0/s1. The summed E-state index contributed by atoms with van der Waals surface area (Å²) in [6.45, 7) is 3.04. The number of allylic oxidation sites excluding steroid dienone is 1. The SMILES string of the molecule is CC[C@H]1CCC(=O)CC(=O)/C=C/c2cc(OC)c(O)cc2Cc2cnc(N)c(c2)[C@@H](C2([NH+]3C=CNC3)CCCCC2)SSC1. The highest BCUT2D eigenvalue weighted by Crippen LogP contribution is 2.51. The van der Waals surface area contributed by atoms with Crippen molar-refractivity contribution in [2.24, 2.45) is 5.92 Å². The highest BCUT2D eigenvalue weighted by atomic mass is 33.1. The second-order valence-electron chi connectivity index (χ2n) is 12.3. The maximum atomic E-state index is 12.8. The van der Waals surface area contributed by atoms with E-state index in [2.05, 4.69) is 30.7 Å². The average molecular weight is 638 g/mol. The normalized spacial score (nSPS) is 25.4. The molecule has 5 N–H and O–H groups in total. The molecule has 2 aliphatic heterocycles. The van der Waals surface area contributed by atoms with Crippen molar-refractivity contribution in [1.29, 1.82) is 0 Å². The van der Waals surface area contributed by atoms with Crippen molar-refractivity contribution in [2.75, 3.05) is 25.3 Å². The minimum absolute atomic E-state index is 0.0230. The fourth-order valence-corrected chi connectivity index (χ4v) is 10.5. The Labute approximate surface area is 268 Å². The zero-order valence-corrected chi connectivity index (χ0v) is 27.4. The largest absolute Gasteiger partial charge is 0.504 e. The Morgan fingerprint density at radius 3 is 2.70 bits per heavy atom. The van der Waals surface area contributed by atoms with Crippen LogP contribution in [0.4, 0.5) is 5.82 Å². The van der Waals surface area contributed by atoms with E-state index in [9.17, 15) is 14.7 Å². The third kappa shape index (κ3) is 7.46. The van der Waals surface area contributed by atoms with Gasteiger partial charge in [0, 0.05) is 36.8 Å². The molecule has 2 bridgehead atoms. The molecule has 0 spiro atoms. The van der Waals surface area contributed by atoms with Gasteiger partial charge in [-0.15, -0.1) is 0 Å². The van der Waals surface area contributed by atoms with Crippen LogP contribution >= 0.6 is 21.6 Å². The van der Waals surface area contributed by atoms with Crippen molar-refractivity contribution in [3.05, 3.63) is 65.1 Å². The second kappa shape index (κ2) is 14.9. The number of quaternary nitrogens is 1. The molecule has 1 fully saturated rings. The minimum atomic E-state index is -0.225. The Kier molecular flexibility index (Phi) is 11.0. The Morgan fingerprint density at radius 1 is 1.16 bits per heavy atom. The van der Waals surface area contributed by atoms with Gasteiger partial charge >= 0.3 is 0 Å². The number of hydrogen-bond donors (Lipinski definition) is 4. The molecule has 5 rings (SSSR count). The smallest absolute Gasteiger partial charge is 0.163 e. The molecular weight excluding hydrogens is 593 g/mol. The number of rotatable bonds is 4. The summed E-state index contributed by atoms with van der Waals surface area (Å²) in [4.78, 5) is 31.7. The number of anilines is 1. The Hall–Kier alpha value is -2.95. The number of fused-ring (bicyclic) bond motifs is 3. The monoisotopic (exact) mass is 637 g/mol. The van der Waals surface area contributed by atoms with Crippen LogP contribution in [0.3, 0.4) is 0 Å². The number of methoxy groups -OCH3 is 1. The number of nitrogen functional groups attached to an aromatic ring is 1. The molecule has 1 unspecified atom stereocenters. The first-order valence-corrected chi connectivity index (χ1v) is 18.1. The molecule has 10 heteroatoms. The van der Waals surface area contributed by atoms with Gasteiger partial charge in [-0.2, -0.15) is 0 Å². The highest BCUT2D eigenvalue weighted by molar-refractivity contribution is 8.76. The van der Waals surface area contributed by atoms with Crippen molar-refractivity contribution in [3.63, 3.8) is 0 Å². The van der Waals surface area contributed by atoms with Gasteiger partial charge in [-0.1, -0.05) is 47.4 Å². The summed E-state index contributed by atoms with van der Waals surface area (Å²) in [6, 6.07) is 5.63. The van der Waals surface area contributed by atoms with Crippen molar-refractivity contribution in [2.45, 2.75) is 81.9 Å². The van der Waals surface area contributed by atoms with Crippen LogP contribution in [0.25, 0.3) is 6.08 Å². The first kappa shape index (κ1) is 32.4. The van der Waals surface area contributed by atoms with Gasteiger partial charge < -0.3 is 20.9 Å². The van der Waals surface area contributed by atoms with Crippen molar-refractivity contribution in [1.82, 2.24) is 10.3 Å². The molecule has 3 heterocycles. The summed E-state index contributed by atoms with van der Waals surface area (Å²) < 4.78 is 5.37. The van der Waals surface area contributed by atoms with Gasteiger partial charge in [0.15, 0.2) is 24.0 Å². The zero-order chi connectivity index (χ0) is 31.1. The van der Waals surface area contributed by atoms with E-state index in [4.69, 9.17) is 15.5 Å². The number of Topliss-reactive ketones (excluding diaryl/α,β-unsaturated/α-hetero) is 1. The summed E-state index contributed by atoms with van der Waals surface area (Å²) in [5.74, 6) is 1.98. The Morgan fingerprint density at radius 2 is 1.98 bits per heavy atom. The molecule has 8 nitrogen and oxygen atoms in total. The number of ether oxygens (including phenoxy) is 1. The third-order valence-corrected chi connectivity index (χ3v) is 12.4. The molecule has 1 saturated carbocycles. The van der Waals surface area contributed by atoms with Gasteiger partial charge in [-0.05, 0) is 72.6 Å². The number of nitrogens with one attached hydrogen (secondary N) is 2.